The minimum Gasteiger partial charge on any atom is -0.346 e. The molecule has 1 N–H and O–H groups in total. The Balaban J connectivity index is 1.53. The molecule has 1 aliphatic heterocycles. The van der Waals surface area contributed by atoms with Gasteiger partial charge in [0, 0.05) is 37.7 Å². The Morgan fingerprint density at radius 2 is 1.84 bits per heavy atom. The number of rotatable bonds is 3. The lowest BCUT2D eigenvalue weighted by atomic mass is 10.1. The van der Waals surface area contributed by atoms with Crippen molar-refractivity contribution in [3.63, 3.8) is 0 Å². The van der Waals surface area contributed by atoms with Crippen molar-refractivity contribution in [2.75, 3.05) is 31.5 Å². The molecule has 2 aromatic rings. The first-order chi connectivity index (χ1) is 12.0. The summed E-state index contributed by atoms with van der Waals surface area (Å²) in [5.74, 6) is 0. The van der Waals surface area contributed by atoms with E-state index in [0.29, 0.717) is 15.2 Å². The number of benzene rings is 2. The molecule has 3 rings (SSSR count). The van der Waals surface area contributed by atoms with E-state index in [4.69, 9.17) is 35.4 Å². The minimum absolute atomic E-state index is 0.616. The summed E-state index contributed by atoms with van der Waals surface area (Å²) in [5, 5.41) is 5.16. The molecule has 0 unspecified atom stereocenters. The van der Waals surface area contributed by atoms with Crippen LogP contribution in [0.15, 0.2) is 42.5 Å². The molecule has 1 heterocycles. The Labute approximate surface area is 164 Å². The summed E-state index contributed by atoms with van der Waals surface area (Å²) in [6.45, 7) is 6.88. The van der Waals surface area contributed by atoms with Crippen LogP contribution >= 0.6 is 35.4 Å². The molecule has 0 saturated carbocycles. The van der Waals surface area contributed by atoms with E-state index in [1.807, 2.05) is 0 Å². The van der Waals surface area contributed by atoms with Crippen LogP contribution in [0.1, 0.15) is 11.1 Å². The molecule has 3 nitrogen and oxygen atoms in total. The first-order valence-corrected chi connectivity index (χ1v) is 9.46. The van der Waals surface area contributed by atoms with Crippen molar-refractivity contribution >= 4 is 46.2 Å². The van der Waals surface area contributed by atoms with Crippen LogP contribution in [-0.4, -0.2) is 41.1 Å². The predicted octanol–water partition coefficient (Wildman–Crippen LogP) is 4.82. The molecule has 0 atom stereocenters. The second-order valence-electron chi connectivity index (χ2n) is 6.31. The van der Waals surface area contributed by atoms with Gasteiger partial charge in [0.15, 0.2) is 5.11 Å². The molecule has 0 spiro atoms. The van der Waals surface area contributed by atoms with Crippen LogP contribution in [0.2, 0.25) is 10.0 Å². The lowest BCUT2D eigenvalue weighted by molar-refractivity contribution is 0.177. The number of anilines is 1. The largest absolute Gasteiger partial charge is 0.346 e. The van der Waals surface area contributed by atoms with Crippen molar-refractivity contribution in [3.05, 3.63) is 63.6 Å². The summed E-state index contributed by atoms with van der Waals surface area (Å²) in [5.41, 5.74) is 3.42. The maximum absolute atomic E-state index is 6.20. The number of aryl methyl sites for hydroxylation is 1. The van der Waals surface area contributed by atoms with Gasteiger partial charge >= 0.3 is 0 Å². The van der Waals surface area contributed by atoms with Gasteiger partial charge in [0.05, 0.1) is 10.7 Å². The fraction of sp³-hybridized carbons (Fsp3) is 0.316. The van der Waals surface area contributed by atoms with Crippen molar-refractivity contribution in [3.8, 4) is 0 Å². The van der Waals surface area contributed by atoms with Crippen LogP contribution in [-0.2, 0) is 6.54 Å². The molecule has 2 aromatic carbocycles. The number of piperazine rings is 1. The zero-order valence-electron chi connectivity index (χ0n) is 14.1. The van der Waals surface area contributed by atoms with Crippen molar-refractivity contribution < 1.29 is 0 Å². The van der Waals surface area contributed by atoms with Gasteiger partial charge in [0.25, 0.3) is 0 Å². The second-order valence-corrected chi connectivity index (χ2v) is 7.54. The third kappa shape index (κ3) is 5.08. The maximum atomic E-state index is 6.20. The van der Waals surface area contributed by atoms with E-state index in [0.717, 1.165) is 38.4 Å². The van der Waals surface area contributed by atoms with E-state index in [9.17, 15) is 0 Å². The molecule has 132 valence electrons. The van der Waals surface area contributed by atoms with E-state index >= 15 is 0 Å². The van der Waals surface area contributed by atoms with E-state index in [2.05, 4.69) is 46.3 Å². The van der Waals surface area contributed by atoms with Crippen molar-refractivity contribution in [1.82, 2.24) is 9.80 Å². The SMILES string of the molecule is Cc1cccc(CN2CCN(C(=S)Nc3cc(Cl)ccc3Cl)CC2)c1. The first kappa shape index (κ1) is 18.5. The Morgan fingerprint density at radius 1 is 1.08 bits per heavy atom. The van der Waals surface area contributed by atoms with Crippen molar-refractivity contribution in [1.29, 1.82) is 0 Å². The van der Waals surface area contributed by atoms with Crippen LogP contribution < -0.4 is 5.32 Å². The molecule has 0 aliphatic carbocycles. The topological polar surface area (TPSA) is 18.5 Å². The average Bonchev–Trinajstić information content (AvgIpc) is 2.59. The molecule has 6 heteroatoms. The van der Waals surface area contributed by atoms with Crippen molar-refractivity contribution in [2.45, 2.75) is 13.5 Å². The second kappa shape index (κ2) is 8.37. The van der Waals surface area contributed by atoms with Gasteiger partial charge in [-0.3, -0.25) is 4.90 Å². The van der Waals surface area contributed by atoms with Gasteiger partial charge in [0.1, 0.15) is 0 Å². The molecular weight excluding hydrogens is 373 g/mol. The highest BCUT2D eigenvalue weighted by atomic mass is 35.5. The Kier molecular flexibility index (Phi) is 6.18. The van der Waals surface area contributed by atoms with E-state index in [1.54, 1.807) is 18.2 Å². The van der Waals surface area contributed by atoms with Crippen LogP contribution in [0.5, 0.6) is 0 Å². The Bertz CT molecular complexity index is 758. The monoisotopic (exact) mass is 393 g/mol. The summed E-state index contributed by atoms with van der Waals surface area (Å²) in [4.78, 5) is 4.64. The third-order valence-electron chi connectivity index (χ3n) is 4.32. The number of thiocarbonyl (C=S) groups is 1. The molecule has 0 amide bonds. The van der Waals surface area contributed by atoms with Gasteiger partial charge in [-0.05, 0) is 42.9 Å². The zero-order chi connectivity index (χ0) is 17.8. The molecule has 0 radical (unpaired) electrons. The van der Waals surface area contributed by atoms with Gasteiger partial charge in [-0.2, -0.15) is 0 Å². The van der Waals surface area contributed by atoms with E-state index in [-0.39, 0.29) is 0 Å². The smallest absolute Gasteiger partial charge is 0.173 e. The average molecular weight is 394 g/mol. The van der Waals surface area contributed by atoms with Crippen LogP contribution in [0.3, 0.4) is 0 Å². The van der Waals surface area contributed by atoms with Crippen molar-refractivity contribution in [2.24, 2.45) is 0 Å². The number of nitrogens with one attached hydrogen (secondary N) is 1. The summed E-state index contributed by atoms with van der Waals surface area (Å²) >= 11 is 17.8. The fourth-order valence-corrected chi connectivity index (χ4v) is 3.59. The molecule has 1 fully saturated rings. The van der Waals surface area contributed by atoms with Gasteiger partial charge in [-0.15, -0.1) is 0 Å². The number of halogens is 2. The van der Waals surface area contributed by atoms with E-state index < -0.39 is 0 Å². The van der Waals surface area contributed by atoms with Crippen LogP contribution in [0, 0.1) is 6.92 Å². The van der Waals surface area contributed by atoms with Gasteiger partial charge < -0.3 is 10.2 Å². The number of hydrogen-bond acceptors (Lipinski definition) is 2. The highest BCUT2D eigenvalue weighted by Gasteiger charge is 2.19. The maximum Gasteiger partial charge on any atom is 0.173 e. The Morgan fingerprint density at radius 3 is 2.56 bits per heavy atom. The van der Waals surface area contributed by atoms with Crippen LogP contribution in [0.4, 0.5) is 5.69 Å². The normalized spacial score (nSPS) is 15.2. The predicted molar refractivity (Wildman–Crippen MR) is 111 cm³/mol. The first-order valence-electron chi connectivity index (χ1n) is 8.30. The van der Waals surface area contributed by atoms with Gasteiger partial charge in [-0.25, -0.2) is 0 Å². The lowest BCUT2D eigenvalue weighted by Gasteiger charge is -2.36. The molecule has 25 heavy (non-hydrogen) atoms. The summed E-state index contributed by atoms with van der Waals surface area (Å²) in [6.07, 6.45) is 0. The number of hydrogen-bond donors (Lipinski definition) is 1. The van der Waals surface area contributed by atoms with Crippen LogP contribution in [0.25, 0.3) is 0 Å². The molecule has 1 aliphatic rings. The summed E-state index contributed by atoms with van der Waals surface area (Å²) < 4.78 is 0. The quantitative estimate of drug-likeness (QED) is 0.753. The number of nitrogens with zero attached hydrogens (tertiary/aromatic N) is 2. The fourth-order valence-electron chi connectivity index (χ4n) is 2.97. The molecular formula is C19H21Cl2N3S. The lowest BCUT2D eigenvalue weighted by Crippen LogP contribution is -2.49. The summed E-state index contributed by atoms with van der Waals surface area (Å²) in [6, 6.07) is 14.0. The highest BCUT2D eigenvalue weighted by molar-refractivity contribution is 7.80. The Hall–Kier alpha value is -1.33. The zero-order valence-corrected chi connectivity index (χ0v) is 16.5. The molecule has 1 saturated heterocycles. The molecule has 0 aromatic heterocycles. The standard InChI is InChI=1S/C19H21Cl2N3S/c1-14-3-2-4-15(11-14)13-23-7-9-24(10-8-23)19(25)22-18-12-16(20)5-6-17(18)21/h2-6,11-12H,7-10,13H2,1H3,(H,22,25). The summed E-state index contributed by atoms with van der Waals surface area (Å²) in [7, 11) is 0. The van der Waals surface area contributed by atoms with Gasteiger partial charge in [-0.1, -0.05) is 53.0 Å². The highest BCUT2D eigenvalue weighted by Crippen LogP contribution is 2.25. The minimum atomic E-state index is 0.616. The molecule has 0 bridgehead atoms. The van der Waals surface area contributed by atoms with E-state index in [1.165, 1.54) is 11.1 Å². The van der Waals surface area contributed by atoms with Gasteiger partial charge in [0.2, 0.25) is 0 Å². The third-order valence-corrected chi connectivity index (χ3v) is 5.24.